The van der Waals surface area contributed by atoms with Gasteiger partial charge in [0.2, 0.25) is 0 Å². The van der Waals surface area contributed by atoms with Crippen LogP contribution in [0.4, 0.5) is 4.39 Å². The molecule has 0 saturated carbocycles. The van der Waals surface area contributed by atoms with Crippen molar-refractivity contribution in [1.29, 1.82) is 0 Å². The fraction of sp³-hybridized carbons (Fsp3) is 0.200. The lowest BCUT2D eigenvalue weighted by molar-refractivity contribution is 0.0938. The molecule has 3 aromatic rings. The van der Waals surface area contributed by atoms with Gasteiger partial charge in [0.05, 0.1) is 11.7 Å². The Morgan fingerprint density at radius 3 is 2.81 bits per heavy atom. The number of rotatable bonds is 3. The Labute approximate surface area is 159 Å². The monoisotopic (exact) mass is 384 g/mol. The van der Waals surface area contributed by atoms with Crippen molar-refractivity contribution >= 4 is 29.0 Å². The maximum absolute atomic E-state index is 14.0. The molecule has 0 radical (unpaired) electrons. The lowest BCUT2D eigenvalue weighted by Gasteiger charge is -2.26. The van der Waals surface area contributed by atoms with Crippen LogP contribution in [-0.2, 0) is 0 Å². The number of halogens is 1. The summed E-state index contributed by atoms with van der Waals surface area (Å²) in [6.07, 6.45) is 0.788. The second-order valence-corrected chi connectivity index (χ2v) is 8.23. The molecule has 1 unspecified atom stereocenters. The second-order valence-electron chi connectivity index (χ2n) is 6.12. The molecule has 0 saturated heterocycles. The summed E-state index contributed by atoms with van der Waals surface area (Å²) in [6.45, 7) is 1.85. The Hall–Kier alpha value is -2.18. The van der Waals surface area contributed by atoms with Gasteiger partial charge in [0, 0.05) is 16.2 Å². The summed E-state index contributed by atoms with van der Waals surface area (Å²) in [5.41, 5.74) is 2.58. The van der Waals surface area contributed by atoms with E-state index < -0.39 is 0 Å². The number of nitrogens with one attached hydrogen (secondary N) is 1. The van der Waals surface area contributed by atoms with E-state index in [4.69, 9.17) is 0 Å². The molecule has 3 nitrogen and oxygen atoms in total. The fourth-order valence-electron chi connectivity index (χ4n) is 3.07. The van der Waals surface area contributed by atoms with E-state index >= 15 is 0 Å². The molecule has 1 amide bonds. The van der Waals surface area contributed by atoms with Crippen LogP contribution in [0.3, 0.4) is 0 Å². The second kappa shape index (κ2) is 7.21. The van der Waals surface area contributed by atoms with E-state index in [0.717, 1.165) is 34.0 Å². The van der Waals surface area contributed by atoms with Crippen molar-refractivity contribution in [2.24, 2.45) is 0 Å². The van der Waals surface area contributed by atoms with Gasteiger partial charge in [-0.15, -0.1) is 23.1 Å². The van der Waals surface area contributed by atoms with Crippen LogP contribution < -0.4 is 5.32 Å². The lowest BCUT2D eigenvalue weighted by atomic mass is 10.0. The van der Waals surface area contributed by atoms with Crippen LogP contribution in [0.2, 0.25) is 0 Å². The molecule has 1 aromatic heterocycles. The zero-order valence-corrected chi connectivity index (χ0v) is 15.8. The average molecular weight is 385 g/mol. The molecular weight excluding hydrogens is 367 g/mol. The molecule has 0 spiro atoms. The Bertz CT molecular complexity index is 956. The van der Waals surface area contributed by atoms with Gasteiger partial charge in [-0.05, 0) is 25.0 Å². The van der Waals surface area contributed by atoms with E-state index in [-0.39, 0.29) is 17.8 Å². The van der Waals surface area contributed by atoms with E-state index in [1.54, 1.807) is 6.07 Å². The third-order valence-corrected chi connectivity index (χ3v) is 6.72. The zero-order chi connectivity index (χ0) is 18.1. The molecule has 1 N–H and O–H groups in total. The number of nitrogens with zero attached hydrogens (tertiary/aromatic N) is 1. The number of fused-ring (bicyclic) bond motifs is 1. The van der Waals surface area contributed by atoms with Gasteiger partial charge in [0.15, 0.2) is 0 Å². The lowest BCUT2D eigenvalue weighted by Crippen LogP contribution is -2.30. The Kier molecular flexibility index (Phi) is 4.78. The minimum Gasteiger partial charge on any atom is -0.344 e. The normalized spacial score (nSPS) is 16.2. The van der Waals surface area contributed by atoms with Crippen LogP contribution in [0.5, 0.6) is 0 Å². The Morgan fingerprint density at radius 1 is 1.19 bits per heavy atom. The predicted octanol–water partition coefficient (Wildman–Crippen LogP) is 5.22. The van der Waals surface area contributed by atoms with Crippen LogP contribution in [0.1, 0.15) is 33.4 Å². The topological polar surface area (TPSA) is 42.0 Å². The molecule has 26 heavy (non-hydrogen) atoms. The molecule has 0 bridgehead atoms. The van der Waals surface area contributed by atoms with Crippen LogP contribution in [0, 0.1) is 12.7 Å². The Balaban J connectivity index is 1.59. The van der Waals surface area contributed by atoms with Gasteiger partial charge in [-0.1, -0.05) is 42.5 Å². The third kappa shape index (κ3) is 3.27. The summed E-state index contributed by atoms with van der Waals surface area (Å²) in [7, 11) is 0. The summed E-state index contributed by atoms with van der Waals surface area (Å²) in [5.74, 6) is 0.427. The molecule has 0 fully saturated rings. The molecule has 4 rings (SSSR count). The maximum atomic E-state index is 14.0. The van der Waals surface area contributed by atoms with Crippen molar-refractivity contribution in [1.82, 2.24) is 10.3 Å². The van der Waals surface area contributed by atoms with Crippen molar-refractivity contribution in [2.45, 2.75) is 24.3 Å². The van der Waals surface area contributed by atoms with Crippen molar-refractivity contribution < 1.29 is 9.18 Å². The highest BCUT2D eigenvalue weighted by Gasteiger charge is 2.26. The number of amides is 1. The first kappa shape index (κ1) is 17.2. The predicted molar refractivity (Wildman–Crippen MR) is 104 cm³/mol. The average Bonchev–Trinajstić information content (AvgIpc) is 3.05. The van der Waals surface area contributed by atoms with E-state index in [1.807, 2.05) is 43.3 Å². The van der Waals surface area contributed by atoms with Crippen molar-refractivity contribution in [2.75, 3.05) is 5.75 Å². The standard InChI is InChI=1S/C20H17FN2OS2/c1-12-17(26-20(22-12)13-6-3-2-4-7-13)19(24)23-16-10-11-25-18-14(16)8-5-9-15(18)21/h2-9,16H,10-11H2,1H3,(H,23,24). The number of thiazole rings is 1. The highest BCUT2D eigenvalue weighted by atomic mass is 32.2. The number of benzene rings is 2. The van der Waals surface area contributed by atoms with Gasteiger partial charge in [0.25, 0.3) is 5.91 Å². The largest absolute Gasteiger partial charge is 0.344 e. The minimum absolute atomic E-state index is 0.144. The molecule has 1 aliphatic rings. The molecule has 1 atom stereocenters. The molecule has 0 aliphatic carbocycles. The highest BCUT2D eigenvalue weighted by molar-refractivity contribution is 7.99. The summed E-state index contributed by atoms with van der Waals surface area (Å²) in [6, 6.07) is 14.7. The quantitative estimate of drug-likeness (QED) is 0.673. The van der Waals surface area contributed by atoms with Gasteiger partial charge < -0.3 is 5.32 Å². The Morgan fingerprint density at radius 2 is 2.00 bits per heavy atom. The summed E-state index contributed by atoms with van der Waals surface area (Å²) >= 11 is 2.90. The molecule has 2 heterocycles. The van der Waals surface area contributed by atoms with Gasteiger partial charge in [-0.3, -0.25) is 4.79 Å². The number of aryl methyl sites for hydroxylation is 1. The number of hydrogen-bond acceptors (Lipinski definition) is 4. The van der Waals surface area contributed by atoms with E-state index in [0.29, 0.717) is 9.77 Å². The van der Waals surface area contributed by atoms with Crippen LogP contribution >= 0.6 is 23.1 Å². The van der Waals surface area contributed by atoms with Crippen LogP contribution in [0.25, 0.3) is 10.6 Å². The van der Waals surface area contributed by atoms with Crippen LogP contribution in [0.15, 0.2) is 53.4 Å². The fourth-order valence-corrected chi connectivity index (χ4v) is 5.19. The highest BCUT2D eigenvalue weighted by Crippen LogP contribution is 2.38. The summed E-state index contributed by atoms with van der Waals surface area (Å²) in [5, 5.41) is 3.91. The van der Waals surface area contributed by atoms with Crippen molar-refractivity contribution in [3.63, 3.8) is 0 Å². The number of hydrogen-bond donors (Lipinski definition) is 1. The molecular formula is C20H17FN2OS2. The van der Waals surface area contributed by atoms with Crippen molar-refractivity contribution in [3.8, 4) is 10.6 Å². The van der Waals surface area contributed by atoms with Gasteiger partial charge in [0.1, 0.15) is 15.7 Å². The van der Waals surface area contributed by atoms with E-state index in [1.165, 1.54) is 29.2 Å². The first-order chi connectivity index (χ1) is 12.6. The first-order valence-electron chi connectivity index (χ1n) is 8.38. The zero-order valence-electron chi connectivity index (χ0n) is 14.2. The number of carbonyl (C=O) groups is 1. The third-order valence-electron chi connectivity index (χ3n) is 4.35. The molecule has 6 heteroatoms. The summed E-state index contributed by atoms with van der Waals surface area (Å²) < 4.78 is 14.0. The smallest absolute Gasteiger partial charge is 0.263 e. The number of aromatic nitrogens is 1. The van der Waals surface area contributed by atoms with Gasteiger partial charge in [-0.25, -0.2) is 9.37 Å². The van der Waals surface area contributed by atoms with Crippen LogP contribution in [-0.4, -0.2) is 16.6 Å². The summed E-state index contributed by atoms with van der Waals surface area (Å²) in [4.78, 5) is 18.6. The SMILES string of the molecule is Cc1nc(-c2ccccc2)sc1C(=O)NC1CCSc2c(F)cccc21. The maximum Gasteiger partial charge on any atom is 0.263 e. The molecule has 2 aromatic carbocycles. The number of thioether (sulfide) groups is 1. The molecule has 132 valence electrons. The van der Waals surface area contributed by atoms with Gasteiger partial charge >= 0.3 is 0 Å². The van der Waals surface area contributed by atoms with E-state index in [2.05, 4.69) is 10.3 Å². The first-order valence-corrected chi connectivity index (χ1v) is 10.2. The van der Waals surface area contributed by atoms with E-state index in [9.17, 15) is 9.18 Å². The van der Waals surface area contributed by atoms with Gasteiger partial charge in [-0.2, -0.15) is 0 Å². The number of carbonyl (C=O) groups excluding carboxylic acids is 1. The molecule has 1 aliphatic heterocycles. The minimum atomic E-state index is -0.216. The van der Waals surface area contributed by atoms with Crippen molar-refractivity contribution in [3.05, 3.63) is 70.5 Å².